The zero-order chi connectivity index (χ0) is 8.34. The molecular weight excluding hydrogens is 150 g/mol. The highest BCUT2D eigenvalue weighted by molar-refractivity contribution is 4.93. The summed E-state index contributed by atoms with van der Waals surface area (Å²) in [6.07, 6.45) is 2.67. The largest absolute Gasteiger partial charge is 0.392 e. The minimum atomic E-state index is 0.0488. The van der Waals surface area contributed by atoms with Gasteiger partial charge in [0.2, 0.25) is 0 Å². The van der Waals surface area contributed by atoms with Crippen molar-refractivity contribution < 1.29 is 9.59 Å². The van der Waals surface area contributed by atoms with Crippen LogP contribution in [0.4, 0.5) is 0 Å². The molecule has 3 saturated heterocycles. The molecule has 2 heteroatoms. The fourth-order valence-electron chi connectivity index (χ4n) is 4.11. The van der Waals surface area contributed by atoms with Crippen LogP contribution in [-0.4, -0.2) is 42.4 Å². The van der Waals surface area contributed by atoms with Crippen LogP contribution in [-0.2, 0) is 0 Å². The van der Waals surface area contributed by atoms with E-state index in [-0.39, 0.29) is 6.10 Å². The molecule has 5 atom stereocenters. The summed E-state index contributed by atoms with van der Waals surface area (Å²) >= 11 is 0. The average Bonchev–Trinajstić information content (AvgIpc) is 1.96. The Morgan fingerprint density at radius 2 is 1.67 bits per heavy atom. The molecule has 68 valence electrons. The van der Waals surface area contributed by atoms with Crippen LogP contribution in [0.1, 0.15) is 12.8 Å². The molecule has 1 saturated carbocycles. The van der Waals surface area contributed by atoms with Crippen molar-refractivity contribution in [2.45, 2.75) is 18.9 Å². The summed E-state index contributed by atoms with van der Waals surface area (Å²) in [5, 5.41) is 9.93. The van der Waals surface area contributed by atoms with Crippen molar-refractivity contribution in [3.05, 3.63) is 0 Å². The van der Waals surface area contributed by atoms with Gasteiger partial charge in [-0.05, 0) is 12.8 Å². The summed E-state index contributed by atoms with van der Waals surface area (Å²) in [5.74, 6) is 2.22. The molecule has 3 aliphatic heterocycles. The van der Waals surface area contributed by atoms with Gasteiger partial charge < -0.3 is 9.59 Å². The van der Waals surface area contributed by atoms with Gasteiger partial charge in [0.15, 0.2) is 0 Å². The fourth-order valence-corrected chi connectivity index (χ4v) is 4.11. The second kappa shape index (κ2) is 2.05. The van der Waals surface area contributed by atoms with Gasteiger partial charge in [-0.25, -0.2) is 0 Å². The third-order valence-corrected chi connectivity index (χ3v) is 4.29. The van der Waals surface area contributed by atoms with E-state index in [0.29, 0.717) is 11.8 Å². The number of aliphatic hydroxyl groups is 1. The fraction of sp³-hybridized carbons (Fsp3) is 1.00. The molecule has 0 radical (unpaired) electrons. The SMILES string of the molecule is C[N+]12CC3CC(C1)C(O)[C@@H](C3)C2. The number of piperidine rings is 3. The smallest absolute Gasteiger partial charge is 0.0838 e. The Balaban J connectivity index is 1.95. The van der Waals surface area contributed by atoms with Crippen LogP contribution in [0, 0.1) is 17.8 Å². The molecule has 4 rings (SSSR count). The quantitative estimate of drug-likeness (QED) is 0.521. The van der Waals surface area contributed by atoms with E-state index >= 15 is 0 Å². The molecule has 1 N–H and O–H groups in total. The van der Waals surface area contributed by atoms with Crippen molar-refractivity contribution in [2.75, 3.05) is 26.7 Å². The molecule has 0 amide bonds. The standard InChI is InChI=1S/C10H18NO/c1-11-4-7-2-8(5-11)10(12)9(3-7)6-11/h7-10,12H,2-6H2,1H3/q+1/t7?,8-,9?,10?,11?/m0/s1. The minimum Gasteiger partial charge on any atom is -0.392 e. The maximum absolute atomic E-state index is 9.93. The van der Waals surface area contributed by atoms with E-state index in [1.165, 1.54) is 37.0 Å². The molecule has 12 heavy (non-hydrogen) atoms. The van der Waals surface area contributed by atoms with Crippen LogP contribution >= 0.6 is 0 Å². The molecule has 1 aliphatic carbocycles. The van der Waals surface area contributed by atoms with Gasteiger partial charge in [0.25, 0.3) is 0 Å². The van der Waals surface area contributed by atoms with Crippen LogP contribution < -0.4 is 0 Å². The van der Waals surface area contributed by atoms with Crippen LogP contribution in [0.15, 0.2) is 0 Å². The van der Waals surface area contributed by atoms with E-state index in [0.717, 1.165) is 5.92 Å². The third kappa shape index (κ3) is 0.826. The van der Waals surface area contributed by atoms with Crippen molar-refractivity contribution in [2.24, 2.45) is 17.8 Å². The number of hydrogen-bond donors (Lipinski definition) is 1. The lowest BCUT2D eigenvalue weighted by Gasteiger charge is -2.58. The first-order valence-corrected chi connectivity index (χ1v) is 5.18. The van der Waals surface area contributed by atoms with E-state index in [4.69, 9.17) is 0 Å². The summed E-state index contributed by atoms with van der Waals surface area (Å²) in [7, 11) is 2.37. The van der Waals surface area contributed by atoms with Crippen molar-refractivity contribution in [1.29, 1.82) is 0 Å². The first-order chi connectivity index (χ1) is 5.66. The maximum Gasteiger partial charge on any atom is 0.0838 e. The number of aliphatic hydroxyl groups excluding tert-OH is 1. The molecule has 0 aromatic heterocycles. The Hall–Kier alpha value is -0.0800. The van der Waals surface area contributed by atoms with E-state index < -0.39 is 0 Å². The van der Waals surface area contributed by atoms with E-state index in [9.17, 15) is 5.11 Å². The Morgan fingerprint density at radius 1 is 1.08 bits per heavy atom. The second-order valence-corrected chi connectivity index (χ2v) is 5.52. The molecule has 2 nitrogen and oxygen atoms in total. The Morgan fingerprint density at radius 3 is 2.17 bits per heavy atom. The topological polar surface area (TPSA) is 20.2 Å². The number of nitrogens with zero attached hydrogens (tertiary/aromatic N) is 1. The predicted molar refractivity (Wildman–Crippen MR) is 46.5 cm³/mol. The van der Waals surface area contributed by atoms with Gasteiger partial charge in [0.1, 0.15) is 0 Å². The van der Waals surface area contributed by atoms with Crippen molar-refractivity contribution in [3.63, 3.8) is 0 Å². The highest BCUT2D eigenvalue weighted by Gasteiger charge is 2.53. The molecule has 0 spiro atoms. The van der Waals surface area contributed by atoms with Crippen molar-refractivity contribution in [3.8, 4) is 0 Å². The minimum absolute atomic E-state index is 0.0488. The zero-order valence-corrected chi connectivity index (χ0v) is 7.74. The van der Waals surface area contributed by atoms with Gasteiger partial charge in [-0.3, -0.25) is 0 Å². The molecule has 0 aromatic rings. The lowest BCUT2D eigenvalue weighted by atomic mass is 9.65. The monoisotopic (exact) mass is 168 g/mol. The summed E-state index contributed by atoms with van der Waals surface area (Å²) in [6.45, 7) is 3.88. The van der Waals surface area contributed by atoms with Crippen LogP contribution in [0.2, 0.25) is 0 Å². The summed E-state index contributed by atoms with van der Waals surface area (Å²) in [5.41, 5.74) is 0. The van der Waals surface area contributed by atoms with Crippen LogP contribution in [0.3, 0.4) is 0 Å². The van der Waals surface area contributed by atoms with Crippen molar-refractivity contribution in [1.82, 2.24) is 0 Å². The molecule has 3 heterocycles. The average molecular weight is 168 g/mol. The molecule has 0 aromatic carbocycles. The lowest BCUT2D eigenvalue weighted by molar-refractivity contribution is -0.938. The first kappa shape index (κ1) is 7.34. The summed E-state index contributed by atoms with van der Waals surface area (Å²) in [6, 6.07) is 0. The molecule has 4 aliphatic rings. The molecule has 4 fully saturated rings. The number of quaternary nitrogens is 1. The van der Waals surface area contributed by atoms with E-state index in [1.54, 1.807) is 0 Å². The van der Waals surface area contributed by atoms with Crippen LogP contribution in [0.25, 0.3) is 0 Å². The number of hydrogen-bond acceptors (Lipinski definition) is 1. The van der Waals surface area contributed by atoms with Gasteiger partial charge in [-0.1, -0.05) is 0 Å². The molecule has 4 bridgehead atoms. The highest BCUT2D eigenvalue weighted by atomic mass is 16.3. The highest BCUT2D eigenvalue weighted by Crippen LogP contribution is 2.46. The number of rotatable bonds is 0. The Labute approximate surface area is 73.8 Å². The summed E-state index contributed by atoms with van der Waals surface area (Å²) in [4.78, 5) is 0. The molecular formula is C10H18NO+. The van der Waals surface area contributed by atoms with Gasteiger partial charge in [0.05, 0.1) is 32.8 Å². The van der Waals surface area contributed by atoms with Crippen molar-refractivity contribution >= 4 is 0 Å². The molecule has 4 unspecified atom stereocenters. The van der Waals surface area contributed by atoms with Gasteiger partial charge >= 0.3 is 0 Å². The Kier molecular flexibility index (Phi) is 1.25. The lowest BCUT2D eigenvalue weighted by Crippen LogP contribution is -2.68. The zero-order valence-electron chi connectivity index (χ0n) is 7.74. The van der Waals surface area contributed by atoms with E-state index in [1.807, 2.05) is 0 Å². The first-order valence-electron chi connectivity index (χ1n) is 5.18. The maximum atomic E-state index is 9.93. The van der Waals surface area contributed by atoms with E-state index in [2.05, 4.69) is 7.05 Å². The normalized spacial score (nSPS) is 62.5. The van der Waals surface area contributed by atoms with Gasteiger partial charge in [-0.15, -0.1) is 0 Å². The van der Waals surface area contributed by atoms with Gasteiger partial charge in [-0.2, -0.15) is 0 Å². The summed E-state index contributed by atoms with van der Waals surface area (Å²) < 4.78 is 1.26. The third-order valence-electron chi connectivity index (χ3n) is 4.29. The van der Waals surface area contributed by atoms with Crippen LogP contribution in [0.5, 0.6) is 0 Å². The van der Waals surface area contributed by atoms with Gasteiger partial charge in [0, 0.05) is 17.8 Å². The predicted octanol–water partition coefficient (Wildman–Crippen LogP) is 0.463. The second-order valence-electron chi connectivity index (χ2n) is 5.52. The Bertz CT molecular complexity index is 200.